The largest absolute Gasteiger partial charge is 0.497 e. The average Bonchev–Trinajstić information content (AvgIpc) is 3.16. The minimum Gasteiger partial charge on any atom is -0.497 e. The Bertz CT molecular complexity index is 1000. The number of imidazole rings is 1. The number of ether oxygens (including phenoxy) is 1. The van der Waals surface area contributed by atoms with Gasteiger partial charge in [-0.1, -0.05) is 24.3 Å². The van der Waals surface area contributed by atoms with Crippen LogP contribution in [-0.2, 0) is 6.54 Å². The summed E-state index contributed by atoms with van der Waals surface area (Å²) in [4.78, 5) is 8.00. The molecule has 0 bridgehead atoms. The molecule has 0 aliphatic heterocycles. The SMILES string of the molecule is COc1ccc(Cn2nc(N)c(Br)c2-c2nc3ccccc3[nH]2)cc1. The highest BCUT2D eigenvalue weighted by molar-refractivity contribution is 9.10. The number of nitrogens with two attached hydrogens (primary N) is 1. The van der Waals surface area contributed by atoms with Crippen molar-refractivity contribution in [2.75, 3.05) is 12.8 Å². The van der Waals surface area contributed by atoms with E-state index in [4.69, 9.17) is 10.5 Å². The number of aromatic amines is 1. The lowest BCUT2D eigenvalue weighted by atomic mass is 10.2. The Labute approximate surface area is 152 Å². The number of benzene rings is 2. The summed E-state index contributed by atoms with van der Waals surface area (Å²) in [7, 11) is 1.65. The number of anilines is 1. The van der Waals surface area contributed by atoms with Crippen LogP contribution in [0.25, 0.3) is 22.6 Å². The topological polar surface area (TPSA) is 81.8 Å². The Morgan fingerprint density at radius 1 is 1.16 bits per heavy atom. The van der Waals surface area contributed by atoms with Gasteiger partial charge in [0.05, 0.1) is 29.2 Å². The number of hydrogen-bond acceptors (Lipinski definition) is 4. The first-order chi connectivity index (χ1) is 12.2. The van der Waals surface area contributed by atoms with Gasteiger partial charge >= 0.3 is 0 Å². The number of nitrogens with zero attached hydrogens (tertiary/aromatic N) is 3. The molecule has 25 heavy (non-hydrogen) atoms. The molecule has 0 fully saturated rings. The van der Waals surface area contributed by atoms with Gasteiger partial charge in [-0.05, 0) is 45.8 Å². The third-order valence-corrected chi connectivity index (χ3v) is 4.81. The molecule has 0 spiro atoms. The molecular weight excluding hydrogens is 382 g/mol. The van der Waals surface area contributed by atoms with E-state index in [1.807, 2.05) is 53.2 Å². The van der Waals surface area contributed by atoms with Crippen LogP contribution in [-0.4, -0.2) is 26.9 Å². The summed E-state index contributed by atoms with van der Waals surface area (Å²) in [5, 5.41) is 4.45. The number of methoxy groups -OCH3 is 1. The zero-order chi connectivity index (χ0) is 17.4. The van der Waals surface area contributed by atoms with Crippen molar-refractivity contribution in [1.82, 2.24) is 19.7 Å². The van der Waals surface area contributed by atoms with Crippen LogP contribution in [0, 0.1) is 0 Å². The van der Waals surface area contributed by atoms with Crippen LogP contribution in [0.4, 0.5) is 5.82 Å². The Kier molecular flexibility index (Phi) is 3.93. The minimum atomic E-state index is 0.434. The molecule has 2 aromatic carbocycles. The number of halogens is 1. The van der Waals surface area contributed by atoms with Crippen LogP contribution in [0.3, 0.4) is 0 Å². The third-order valence-electron chi connectivity index (χ3n) is 4.02. The highest BCUT2D eigenvalue weighted by Gasteiger charge is 2.19. The van der Waals surface area contributed by atoms with Crippen LogP contribution >= 0.6 is 15.9 Å². The molecule has 4 rings (SSSR count). The van der Waals surface area contributed by atoms with Gasteiger partial charge in [-0.25, -0.2) is 4.98 Å². The number of para-hydroxylation sites is 2. The average molecular weight is 398 g/mol. The summed E-state index contributed by atoms with van der Waals surface area (Å²) in [5.74, 6) is 1.98. The monoisotopic (exact) mass is 397 g/mol. The fourth-order valence-corrected chi connectivity index (χ4v) is 3.24. The van der Waals surface area contributed by atoms with E-state index < -0.39 is 0 Å². The molecule has 0 aliphatic carbocycles. The van der Waals surface area contributed by atoms with Crippen molar-refractivity contribution >= 4 is 32.8 Å². The summed E-state index contributed by atoms with van der Waals surface area (Å²) in [6.07, 6.45) is 0. The standard InChI is InChI=1S/C18H16BrN5O/c1-25-12-8-6-11(7-9-12)10-24-16(15(19)17(20)23-24)18-21-13-4-2-3-5-14(13)22-18/h2-9H,10H2,1H3,(H2,20,23)(H,21,22). The minimum absolute atomic E-state index is 0.434. The van der Waals surface area contributed by atoms with E-state index in [1.165, 1.54) is 0 Å². The molecule has 2 heterocycles. The molecular formula is C18H16BrN5O. The van der Waals surface area contributed by atoms with Crippen LogP contribution in [0.15, 0.2) is 53.0 Å². The third kappa shape index (κ3) is 2.87. The van der Waals surface area contributed by atoms with Gasteiger partial charge < -0.3 is 15.5 Å². The van der Waals surface area contributed by atoms with Crippen LogP contribution < -0.4 is 10.5 Å². The van der Waals surface area contributed by atoms with Gasteiger partial charge in [0.1, 0.15) is 11.4 Å². The zero-order valence-electron chi connectivity index (χ0n) is 13.5. The Balaban J connectivity index is 1.77. The van der Waals surface area contributed by atoms with Gasteiger partial charge in [-0.2, -0.15) is 5.10 Å². The molecule has 0 amide bonds. The van der Waals surface area contributed by atoms with Gasteiger partial charge in [0.2, 0.25) is 0 Å². The van der Waals surface area contributed by atoms with Gasteiger partial charge in [0, 0.05) is 0 Å². The number of hydrogen-bond donors (Lipinski definition) is 2. The van der Waals surface area contributed by atoms with Crippen LogP contribution in [0.2, 0.25) is 0 Å². The molecule has 7 heteroatoms. The second-order valence-corrected chi connectivity index (χ2v) is 6.45. The van der Waals surface area contributed by atoms with Crippen LogP contribution in [0.5, 0.6) is 5.75 Å². The van der Waals surface area contributed by atoms with Crippen LogP contribution in [0.1, 0.15) is 5.56 Å². The molecule has 0 saturated carbocycles. The maximum absolute atomic E-state index is 6.03. The highest BCUT2D eigenvalue weighted by atomic mass is 79.9. The van der Waals surface area contributed by atoms with E-state index in [1.54, 1.807) is 7.11 Å². The number of fused-ring (bicyclic) bond motifs is 1. The molecule has 0 aliphatic rings. The first kappa shape index (κ1) is 15.7. The van der Waals surface area contributed by atoms with Crippen molar-refractivity contribution in [2.24, 2.45) is 0 Å². The molecule has 2 aromatic heterocycles. The Morgan fingerprint density at radius 3 is 2.64 bits per heavy atom. The molecule has 126 valence electrons. The summed E-state index contributed by atoms with van der Waals surface area (Å²) in [6, 6.07) is 15.8. The zero-order valence-corrected chi connectivity index (χ0v) is 15.1. The predicted molar refractivity (Wildman–Crippen MR) is 102 cm³/mol. The van der Waals surface area contributed by atoms with Gasteiger partial charge in [-0.3, -0.25) is 4.68 Å². The number of rotatable bonds is 4. The molecule has 6 nitrogen and oxygen atoms in total. The molecule has 4 aromatic rings. The number of aromatic nitrogens is 4. The fraction of sp³-hybridized carbons (Fsp3) is 0.111. The Morgan fingerprint density at radius 2 is 1.92 bits per heavy atom. The molecule has 0 unspecified atom stereocenters. The normalized spacial score (nSPS) is 11.1. The maximum atomic E-state index is 6.03. The number of nitrogen functional groups attached to an aromatic ring is 1. The van der Waals surface area contributed by atoms with E-state index in [9.17, 15) is 0 Å². The van der Waals surface area contributed by atoms with E-state index in [0.717, 1.165) is 38.3 Å². The van der Waals surface area contributed by atoms with Crippen molar-refractivity contribution in [3.8, 4) is 17.3 Å². The smallest absolute Gasteiger partial charge is 0.160 e. The maximum Gasteiger partial charge on any atom is 0.160 e. The first-order valence-corrected chi connectivity index (χ1v) is 8.55. The Hall–Kier alpha value is -2.80. The predicted octanol–water partition coefficient (Wildman–Crippen LogP) is 3.83. The van der Waals surface area contributed by atoms with Gasteiger partial charge in [0.15, 0.2) is 11.6 Å². The number of nitrogens with one attached hydrogen (secondary N) is 1. The molecule has 0 atom stereocenters. The lowest BCUT2D eigenvalue weighted by Crippen LogP contribution is -2.05. The second kappa shape index (κ2) is 6.25. The quantitative estimate of drug-likeness (QED) is 0.548. The van der Waals surface area contributed by atoms with Gasteiger partial charge in [-0.15, -0.1) is 0 Å². The van der Waals surface area contributed by atoms with E-state index >= 15 is 0 Å². The van der Waals surface area contributed by atoms with Crippen molar-refractivity contribution in [3.63, 3.8) is 0 Å². The lowest BCUT2D eigenvalue weighted by Gasteiger charge is -2.07. The summed E-state index contributed by atoms with van der Waals surface area (Å²) >= 11 is 3.54. The van der Waals surface area contributed by atoms with Crippen molar-refractivity contribution in [3.05, 3.63) is 58.6 Å². The van der Waals surface area contributed by atoms with Crippen molar-refractivity contribution in [1.29, 1.82) is 0 Å². The lowest BCUT2D eigenvalue weighted by molar-refractivity contribution is 0.414. The second-order valence-electron chi connectivity index (χ2n) is 5.66. The van der Waals surface area contributed by atoms with Crippen molar-refractivity contribution < 1.29 is 4.74 Å². The summed E-state index contributed by atoms with van der Waals surface area (Å²) < 4.78 is 7.79. The van der Waals surface area contributed by atoms with Crippen molar-refractivity contribution in [2.45, 2.75) is 6.54 Å². The fourth-order valence-electron chi connectivity index (χ4n) is 2.77. The number of H-pyrrole nitrogens is 1. The van der Waals surface area contributed by atoms with Gasteiger partial charge in [0.25, 0.3) is 0 Å². The summed E-state index contributed by atoms with van der Waals surface area (Å²) in [5.41, 5.74) is 9.82. The molecule has 3 N–H and O–H groups in total. The summed E-state index contributed by atoms with van der Waals surface area (Å²) in [6.45, 7) is 0.576. The molecule has 0 radical (unpaired) electrons. The van der Waals surface area contributed by atoms with E-state index in [-0.39, 0.29) is 0 Å². The van der Waals surface area contributed by atoms with E-state index in [2.05, 4.69) is 31.0 Å². The van der Waals surface area contributed by atoms with E-state index in [0.29, 0.717) is 12.4 Å². The highest BCUT2D eigenvalue weighted by Crippen LogP contribution is 2.32. The molecule has 0 saturated heterocycles. The first-order valence-electron chi connectivity index (χ1n) is 7.75.